The molecule has 2 heterocycles. The number of hydrogen-bond donors (Lipinski definition) is 2. The highest BCUT2D eigenvalue weighted by atomic mass is 16.3. The molecule has 2 aromatic carbocycles. The molecule has 3 aromatic rings. The van der Waals surface area contributed by atoms with Crippen molar-refractivity contribution in [1.29, 1.82) is 0 Å². The number of nitrogens with zero attached hydrogens (tertiary/aromatic N) is 1. The molecule has 0 spiro atoms. The molecule has 1 aromatic heterocycles. The largest absolute Gasteiger partial charge is 0.508 e. The minimum Gasteiger partial charge on any atom is -0.508 e. The Labute approximate surface area is 153 Å². The number of phenolic OH excluding ortho intramolecular Hbond substituents is 1. The highest BCUT2D eigenvalue weighted by molar-refractivity contribution is 5.93. The molecule has 26 heavy (non-hydrogen) atoms. The highest BCUT2D eigenvalue weighted by Gasteiger charge is 2.34. The Kier molecular flexibility index (Phi) is 4.48. The molecule has 1 aliphatic heterocycles. The average molecular weight is 346 g/mol. The van der Waals surface area contributed by atoms with Gasteiger partial charge in [-0.3, -0.25) is 4.79 Å². The van der Waals surface area contributed by atoms with Gasteiger partial charge in [0, 0.05) is 30.0 Å². The number of fused-ring (bicyclic) bond motifs is 1. The normalized spacial score (nSPS) is 19.4. The summed E-state index contributed by atoms with van der Waals surface area (Å²) in [6.07, 6.45) is 3.91. The molecule has 0 aliphatic carbocycles. The summed E-state index contributed by atoms with van der Waals surface area (Å²) in [5, 5.41) is 12.5. The maximum atomic E-state index is 13.1. The van der Waals surface area contributed by atoms with Crippen LogP contribution in [0.4, 0.5) is 5.69 Å². The molecular weight excluding hydrogens is 324 g/mol. The Morgan fingerprint density at radius 2 is 1.77 bits per heavy atom. The van der Waals surface area contributed by atoms with E-state index in [4.69, 9.17) is 0 Å². The van der Waals surface area contributed by atoms with Crippen molar-refractivity contribution in [3.63, 3.8) is 0 Å². The number of benzene rings is 2. The van der Waals surface area contributed by atoms with Gasteiger partial charge in [-0.05, 0) is 54.8 Å². The van der Waals surface area contributed by atoms with Crippen LogP contribution in [-0.2, 0) is 11.3 Å². The van der Waals surface area contributed by atoms with Crippen LogP contribution in [0.2, 0.25) is 0 Å². The van der Waals surface area contributed by atoms with Gasteiger partial charge in [0.05, 0.1) is 5.92 Å². The maximum absolute atomic E-state index is 13.1. The number of amides is 1. The third kappa shape index (κ3) is 3.23. The first-order valence-corrected chi connectivity index (χ1v) is 9.02. The Hall–Kier alpha value is -3.01. The summed E-state index contributed by atoms with van der Waals surface area (Å²) in [6, 6.07) is 21.1. The zero-order valence-corrected chi connectivity index (χ0v) is 14.5. The van der Waals surface area contributed by atoms with Crippen LogP contribution in [0.5, 0.6) is 5.75 Å². The summed E-state index contributed by atoms with van der Waals surface area (Å²) in [5.41, 5.74) is 3.07. The van der Waals surface area contributed by atoms with Crippen molar-refractivity contribution in [1.82, 2.24) is 4.57 Å². The number of phenols is 1. The predicted molar refractivity (Wildman–Crippen MR) is 102 cm³/mol. The number of carbonyl (C=O) groups excluding carboxylic acids is 1. The van der Waals surface area contributed by atoms with Gasteiger partial charge in [0.15, 0.2) is 0 Å². The fraction of sp³-hybridized carbons (Fsp3) is 0.227. The standard InChI is InChI=1S/C22H22N2O2/c25-18-12-10-17(11-13-18)23-22(26)19-8-4-14-24-15-5-9-20(24)21(19)16-6-2-1-3-7-16/h1-3,5-7,9-13,15,19,21,25H,4,8,14H2,(H,23,26)/t19-,21-/m0/s1. The lowest BCUT2D eigenvalue weighted by atomic mass is 9.81. The van der Waals surface area contributed by atoms with Gasteiger partial charge in [-0.1, -0.05) is 30.3 Å². The first-order valence-electron chi connectivity index (χ1n) is 9.02. The molecule has 4 heteroatoms. The Balaban J connectivity index is 1.68. The lowest BCUT2D eigenvalue weighted by molar-refractivity contribution is -0.120. The van der Waals surface area contributed by atoms with E-state index in [0.29, 0.717) is 5.69 Å². The van der Waals surface area contributed by atoms with Crippen LogP contribution < -0.4 is 5.32 Å². The van der Waals surface area contributed by atoms with Gasteiger partial charge in [0.2, 0.25) is 5.91 Å². The molecule has 2 atom stereocenters. The minimum absolute atomic E-state index is 0.0270. The fourth-order valence-electron chi connectivity index (χ4n) is 3.89. The van der Waals surface area contributed by atoms with Crippen molar-refractivity contribution in [2.75, 3.05) is 5.32 Å². The molecule has 132 valence electrons. The molecule has 4 rings (SSSR count). The number of hydrogen-bond acceptors (Lipinski definition) is 2. The number of anilines is 1. The second kappa shape index (κ2) is 7.08. The van der Waals surface area contributed by atoms with E-state index in [1.54, 1.807) is 24.3 Å². The molecule has 4 nitrogen and oxygen atoms in total. The summed E-state index contributed by atoms with van der Waals surface area (Å²) in [4.78, 5) is 13.1. The van der Waals surface area contributed by atoms with Crippen molar-refractivity contribution >= 4 is 11.6 Å². The summed E-state index contributed by atoms with van der Waals surface area (Å²) >= 11 is 0. The Bertz CT molecular complexity index is 884. The molecule has 0 saturated heterocycles. The number of aromatic hydroxyl groups is 1. The lowest BCUT2D eigenvalue weighted by Crippen LogP contribution is -2.28. The zero-order valence-electron chi connectivity index (χ0n) is 14.5. The van der Waals surface area contributed by atoms with E-state index in [1.807, 2.05) is 18.2 Å². The van der Waals surface area contributed by atoms with E-state index < -0.39 is 0 Å². The molecule has 1 amide bonds. The second-order valence-electron chi connectivity index (χ2n) is 6.80. The Morgan fingerprint density at radius 1 is 1.00 bits per heavy atom. The zero-order chi connectivity index (χ0) is 17.9. The second-order valence-corrected chi connectivity index (χ2v) is 6.80. The van der Waals surface area contributed by atoms with Crippen LogP contribution in [0.15, 0.2) is 72.9 Å². The average Bonchev–Trinajstić information content (AvgIpc) is 3.04. The van der Waals surface area contributed by atoms with E-state index in [2.05, 4.69) is 40.3 Å². The topological polar surface area (TPSA) is 54.3 Å². The van der Waals surface area contributed by atoms with Gasteiger partial charge in [-0.15, -0.1) is 0 Å². The molecule has 0 radical (unpaired) electrons. The SMILES string of the molecule is O=C(Nc1ccc(O)cc1)[C@H]1CCCn2cccc2[C@H]1c1ccccc1. The number of aryl methyl sites for hydroxylation is 1. The van der Waals surface area contributed by atoms with Crippen LogP contribution in [0.3, 0.4) is 0 Å². The number of aromatic nitrogens is 1. The first-order chi connectivity index (χ1) is 12.7. The summed E-state index contributed by atoms with van der Waals surface area (Å²) < 4.78 is 2.27. The van der Waals surface area contributed by atoms with Gasteiger partial charge >= 0.3 is 0 Å². The third-order valence-corrected chi connectivity index (χ3v) is 5.13. The van der Waals surface area contributed by atoms with Gasteiger partial charge in [-0.2, -0.15) is 0 Å². The highest BCUT2D eigenvalue weighted by Crippen LogP contribution is 2.38. The van der Waals surface area contributed by atoms with Gasteiger partial charge in [0.25, 0.3) is 0 Å². The quantitative estimate of drug-likeness (QED) is 0.692. The van der Waals surface area contributed by atoms with E-state index in [1.165, 1.54) is 11.3 Å². The minimum atomic E-state index is -0.137. The number of nitrogens with one attached hydrogen (secondary N) is 1. The van der Waals surface area contributed by atoms with Crippen molar-refractivity contribution < 1.29 is 9.90 Å². The molecule has 1 aliphatic rings. The molecule has 0 bridgehead atoms. The van der Waals surface area contributed by atoms with Crippen molar-refractivity contribution in [3.05, 3.63) is 84.2 Å². The summed E-state index contributed by atoms with van der Waals surface area (Å²) in [7, 11) is 0. The molecule has 0 unspecified atom stereocenters. The fourth-order valence-corrected chi connectivity index (χ4v) is 3.89. The van der Waals surface area contributed by atoms with Gasteiger partial charge < -0.3 is 15.0 Å². The number of rotatable bonds is 3. The predicted octanol–water partition coefficient (Wildman–Crippen LogP) is 4.37. The Morgan fingerprint density at radius 3 is 2.54 bits per heavy atom. The van der Waals surface area contributed by atoms with Crippen molar-refractivity contribution in [3.8, 4) is 5.75 Å². The number of carbonyl (C=O) groups is 1. The van der Waals surface area contributed by atoms with Gasteiger partial charge in [-0.25, -0.2) is 0 Å². The van der Waals surface area contributed by atoms with Crippen LogP contribution in [0, 0.1) is 5.92 Å². The first kappa shape index (κ1) is 16.5. The van der Waals surface area contributed by atoms with Crippen LogP contribution >= 0.6 is 0 Å². The van der Waals surface area contributed by atoms with E-state index in [0.717, 1.165) is 19.4 Å². The van der Waals surface area contributed by atoms with Crippen LogP contribution in [0.25, 0.3) is 0 Å². The smallest absolute Gasteiger partial charge is 0.228 e. The van der Waals surface area contributed by atoms with E-state index >= 15 is 0 Å². The molecule has 0 fully saturated rings. The monoisotopic (exact) mass is 346 g/mol. The maximum Gasteiger partial charge on any atom is 0.228 e. The third-order valence-electron chi connectivity index (χ3n) is 5.13. The summed E-state index contributed by atoms with van der Waals surface area (Å²) in [6.45, 7) is 0.939. The van der Waals surface area contributed by atoms with Crippen molar-refractivity contribution in [2.45, 2.75) is 25.3 Å². The molecule has 0 saturated carbocycles. The van der Waals surface area contributed by atoms with Crippen LogP contribution in [-0.4, -0.2) is 15.6 Å². The van der Waals surface area contributed by atoms with E-state index in [-0.39, 0.29) is 23.5 Å². The molecular formula is C22H22N2O2. The van der Waals surface area contributed by atoms with E-state index in [9.17, 15) is 9.90 Å². The summed E-state index contributed by atoms with van der Waals surface area (Å²) in [5.74, 6) is 0.116. The molecule has 2 N–H and O–H groups in total. The van der Waals surface area contributed by atoms with Crippen molar-refractivity contribution in [2.24, 2.45) is 5.92 Å². The lowest BCUT2D eigenvalue weighted by Gasteiger charge is -2.25. The van der Waals surface area contributed by atoms with Crippen LogP contribution in [0.1, 0.15) is 30.0 Å². The van der Waals surface area contributed by atoms with Gasteiger partial charge in [0.1, 0.15) is 5.75 Å².